The van der Waals surface area contributed by atoms with Gasteiger partial charge >= 0.3 is 5.97 Å². The Morgan fingerprint density at radius 3 is 2.00 bits per heavy atom. The van der Waals surface area contributed by atoms with E-state index in [1.165, 1.54) is 0 Å². The summed E-state index contributed by atoms with van der Waals surface area (Å²) in [6.45, 7) is 13.8. The first kappa shape index (κ1) is 29.1. The third-order valence-electron chi connectivity index (χ3n) is 5.45. The molecule has 0 unspecified atom stereocenters. The van der Waals surface area contributed by atoms with Crippen molar-refractivity contribution < 1.29 is 33.2 Å². The van der Waals surface area contributed by atoms with Crippen LogP contribution in [0.3, 0.4) is 0 Å². The largest absolute Gasteiger partial charge is 0.493 e. The minimum atomic E-state index is -0.354. The highest BCUT2D eigenvalue weighted by Gasteiger charge is 2.15. The van der Waals surface area contributed by atoms with Crippen LogP contribution in [0.4, 0.5) is 0 Å². The Morgan fingerprint density at radius 2 is 1.46 bits per heavy atom. The number of hydrogen-bond donors (Lipinski definition) is 0. The topological polar surface area (TPSA) is 76.8 Å². The molecular formula is C29H35NO7. The van der Waals surface area contributed by atoms with Crippen LogP contribution < -0.4 is 23.7 Å². The quantitative estimate of drug-likeness (QED) is 0.0930. The van der Waals surface area contributed by atoms with E-state index >= 15 is 0 Å². The molecule has 0 N–H and O–H groups in total. The molecule has 8 nitrogen and oxygen atoms in total. The molecule has 2 rings (SSSR count). The summed E-state index contributed by atoms with van der Waals surface area (Å²) in [7, 11) is 6.24. The SMILES string of the molecule is [C-]#[N+]/C(=C\c1cc(OC)c(OCCCCCCOC(=O)C(=C)C)c(OC)c1)c1ccc(OC)c(OC)c1. The van der Waals surface area contributed by atoms with Crippen LogP contribution in [-0.4, -0.2) is 47.6 Å². The predicted molar refractivity (Wildman–Crippen MR) is 143 cm³/mol. The fourth-order valence-electron chi connectivity index (χ4n) is 3.48. The summed E-state index contributed by atoms with van der Waals surface area (Å²) in [5, 5.41) is 0. The van der Waals surface area contributed by atoms with Gasteiger partial charge in [-0.3, -0.25) is 0 Å². The Bertz CT molecular complexity index is 1120. The molecule has 198 valence electrons. The van der Waals surface area contributed by atoms with E-state index in [-0.39, 0.29) is 5.97 Å². The third kappa shape index (κ3) is 8.50. The van der Waals surface area contributed by atoms with Crippen molar-refractivity contribution >= 4 is 17.7 Å². The number of hydrogen-bond acceptors (Lipinski definition) is 7. The Balaban J connectivity index is 2.08. The number of carbonyl (C=O) groups is 1. The lowest BCUT2D eigenvalue weighted by Gasteiger charge is -2.16. The predicted octanol–water partition coefficient (Wildman–Crippen LogP) is 6.20. The van der Waals surface area contributed by atoms with Crippen molar-refractivity contribution in [2.75, 3.05) is 41.7 Å². The van der Waals surface area contributed by atoms with E-state index in [4.69, 9.17) is 35.0 Å². The molecule has 0 atom stereocenters. The molecule has 2 aromatic rings. The summed E-state index contributed by atoms with van der Waals surface area (Å²) in [6.07, 6.45) is 5.21. The molecule has 0 saturated carbocycles. The van der Waals surface area contributed by atoms with Crippen molar-refractivity contribution in [2.45, 2.75) is 32.6 Å². The molecule has 0 fully saturated rings. The number of benzene rings is 2. The molecule has 0 spiro atoms. The highest BCUT2D eigenvalue weighted by Crippen LogP contribution is 2.40. The summed E-state index contributed by atoms with van der Waals surface area (Å²) in [5.74, 6) is 2.30. The van der Waals surface area contributed by atoms with Crippen molar-refractivity contribution in [3.05, 3.63) is 65.0 Å². The highest BCUT2D eigenvalue weighted by molar-refractivity contribution is 5.87. The molecular weight excluding hydrogens is 474 g/mol. The number of ether oxygens (including phenoxy) is 6. The first-order valence-corrected chi connectivity index (χ1v) is 11.9. The van der Waals surface area contributed by atoms with Gasteiger partial charge in [0.25, 0.3) is 0 Å². The number of unbranched alkanes of at least 4 members (excludes halogenated alkanes) is 3. The lowest BCUT2D eigenvalue weighted by Crippen LogP contribution is -2.06. The van der Waals surface area contributed by atoms with Gasteiger partial charge in [0, 0.05) is 5.57 Å². The molecule has 8 heteroatoms. The van der Waals surface area contributed by atoms with E-state index < -0.39 is 0 Å². The molecule has 0 bridgehead atoms. The summed E-state index contributed by atoms with van der Waals surface area (Å²) < 4.78 is 32.9. The minimum absolute atomic E-state index is 0.354. The second-order valence-corrected chi connectivity index (χ2v) is 8.14. The molecule has 0 heterocycles. The van der Waals surface area contributed by atoms with Gasteiger partial charge in [-0.25, -0.2) is 9.64 Å². The molecule has 0 radical (unpaired) electrons. The second kappa shape index (κ2) is 15.1. The van der Waals surface area contributed by atoms with Crippen molar-refractivity contribution in [2.24, 2.45) is 0 Å². The van der Waals surface area contributed by atoms with Gasteiger partial charge in [0.15, 0.2) is 28.7 Å². The van der Waals surface area contributed by atoms with E-state index in [1.54, 1.807) is 65.7 Å². The highest BCUT2D eigenvalue weighted by atomic mass is 16.5. The van der Waals surface area contributed by atoms with Gasteiger partial charge in [-0.2, -0.15) is 0 Å². The maximum absolute atomic E-state index is 11.4. The Kier molecular flexibility index (Phi) is 11.9. The average molecular weight is 510 g/mol. The number of nitrogens with zero attached hydrogens (tertiary/aromatic N) is 1. The zero-order valence-electron chi connectivity index (χ0n) is 22.2. The van der Waals surface area contributed by atoms with Gasteiger partial charge in [-0.1, -0.05) is 12.6 Å². The van der Waals surface area contributed by atoms with Gasteiger partial charge in [0.1, 0.15) is 0 Å². The zero-order valence-corrected chi connectivity index (χ0v) is 22.2. The minimum Gasteiger partial charge on any atom is -0.493 e. The first-order chi connectivity index (χ1) is 17.9. The monoisotopic (exact) mass is 509 g/mol. The number of rotatable bonds is 15. The number of methoxy groups -OCH3 is 4. The van der Waals surface area contributed by atoms with Gasteiger partial charge < -0.3 is 28.4 Å². The average Bonchev–Trinajstić information content (AvgIpc) is 2.92. The van der Waals surface area contributed by atoms with E-state index in [1.807, 2.05) is 6.07 Å². The van der Waals surface area contributed by atoms with Crippen molar-refractivity contribution in [1.82, 2.24) is 0 Å². The number of carbonyl (C=O) groups excluding carboxylic acids is 1. The van der Waals surface area contributed by atoms with E-state index in [0.29, 0.717) is 58.8 Å². The molecule has 0 saturated heterocycles. The standard InChI is InChI=1S/C29H35NO7/c1-20(2)29(31)37-15-11-9-8-10-14-36-28-26(34-6)17-21(18-27(28)35-7)16-23(30-3)22-12-13-24(32-4)25(19-22)33-5/h12-13,16-19H,1,8-11,14-15H2,2,4-7H3/b23-16-. The van der Waals surface area contributed by atoms with Crippen LogP contribution in [0, 0.1) is 6.57 Å². The van der Waals surface area contributed by atoms with Crippen molar-refractivity contribution in [1.29, 1.82) is 0 Å². The van der Waals surface area contributed by atoms with Crippen LogP contribution in [0.15, 0.2) is 42.5 Å². The van der Waals surface area contributed by atoms with Crippen LogP contribution in [0.1, 0.15) is 43.7 Å². The first-order valence-electron chi connectivity index (χ1n) is 11.9. The van der Waals surface area contributed by atoms with Gasteiger partial charge in [0.2, 0.25) is 5.75 Å². The van der Waals surface area contributed by atoms with Crippen LogP contribution in [0.25, 0.3) is 16.6 Å². The summed E-state index contributed by atoms with van der Waals surface area (Å²) in [6, 6.07) is 8.94. The molecule has 0 aliphatic carbocycles. The van der Waals surface area contributed by atoms with Gasteiger partial charge in [0.05, 0.1) is 48.2 Å². The fraction of sp³-hybridized carbons (Fsp3) is 0.379. The Labute approximate surface area is 219 Å². The van der Waals surface area contributed by atoms with Crippen molar-refractivity contribution in [3.8, 4) is 28.7 Å². The van der Waals surface area contributed by atoms with Crippen LogP contribution >= 0.6 is 0 Å². The second-order valence-electron chi connectivity index (χ2n) is 8.14. The fourth-order valence-corrected chi connectivity index (χ4v) is 3.48. The van der Waals surface area contributed by atoms with E-state index in [2.05, 4.69) is 11.4 Å². The smallest absolute Gasteiger partial charge is 0.333 e. The van der Waals surface area contributed by atoms with Gasteiger partial charge in [-0.15, -0.1) is 0 Å². The lowest BCUT2D eigenvalue weighted by atomic mass is 10.1. The Morgan fingerprint density at radius 1 is 0.865 bits per heavy atom. The molecule has 2 aromatic carbocycles. The zero-order chi connectivity index (χ0) is 27.2. The van der Waals surface area contributed by atoms with Crippen LogP contribution in [0.5, 0.6) is 28.7 Å². The Hall–Kier alpha value is -4.12. The summed E-state index contributed by atoms with van der Waals surface area (Å²) in [5.41, 5.74) is 2.25. The van der Waals surface area contributed by atoms with Crippen molar-refractivity contribution in [3.63, 3.8) is 0 Å². The van der Waals surface area contributed by atoms with E-state index in [9.17, 15) is 4.79 Å². The molecule has 0 aromatic heterocycles. The summed E-state index contributed by atoms with van der Waals surface area (Å²) >= 11 is 0. The molecule has 0 aliphatic rings. The summed E-state index contributed by atoms with van der Waals surface area (Å²) in [4.78, 5) is 15.1. The maximum atomic E-state index is 11.4. The maximum Gasteiger partial charge on any atom is 0.333 e. The van der Waals surface area contributed by atoms with Crippen LogP contribution in [0.2, 0.25) is 0 Å². The third-order valence-corrected chi connectivity index (χ3v) is 5.45. The lowest BCUT2D eigenvalue weighted by molar-refractivity contribution is -0.139. The van der Waals surface area contributed by atoms with E-state index in [0.717, 1.165) is 31.2 Å². The van der Waals surface area contributed by atoms with Gasteiger partial charge in [-0.05, 0) is 74.1 Å². The molecule has 0 aliphatic heterocycles. The molecule has 37 heavy (non-hydrogen) atoms. The normalized spacial score (nSPS) is 10.8. The van der Waals surface area contributed by atoms with Crippen LogP contribution in [-0.2, 0) is 9.53 Å². The molecule has 0 amide bonds. The number of esters is 1.